The van der Waals surface area contributed by atoms with E-state index >= 15 is 0 Å². The Labute approximate surface area is 129 Å². The predicted octanol–water partition coefficient (Wildman–Crippen LogP) is 1.46. The molecule has 0 saturated carbocycles. The van der Waals surface area contributed by atoms with E-state index in [1.54, 1.807) is 5.32 Å². The molecule has 8 nitrogen and oxygen atoms in total. The summed E-state index contributed by atoms with van der Waals surface area (Å²) in [6.07, 6.45) is -4.40. The molecule has 2 N–H and O–H groups in total. The van der Waals surface area contributed by atoms with Gasteiger partial charge in [0, 0.05) is 12.4 Å². The number of rotatable bonds is 6. The van der Waals surface area contributed by atoms with Crippen molar-refractivity contribution in [1.82, 2.24) is 15.3 Å². The molecule has 0 fully saturated rings. The second kappa shape index (κ2) is 7.61. The lowest BCUT2D eigenvalue weighted by Gasteiger charge is -2.33. The van der Waals surface area contributed by atoms with Gasteiger partial charge in [0.25, 0.3) is 0 Å². The Balaban J connectivity index is 3.28. The molecule has 0 aliphatic rings. The maximum Gasteiger partial charge on any atom is 0.442 e. The number of hydrogen-bond acceptors (Lipinski definition) is 7. The number of anilines is 1. The van der Waals surface area contributed by atoms with Gasteiger partial charge in [-0.2, -0.15) is 13.2 Å². The van der Waals surface area contributed by atoms with Crippen LogP contribution in [0.5, 0.6) is 0 Å². The number of alkyl halides is 3. The third kappa shape index (κ3) is 4.44. The quantitative estimate of drug-likeness (QED) is 0.599. The standard InChI is InChI=1S/C12H15F3N4O4/c1-3-22-8(20)11(12(13,14)15,19-10(21)23-4-2)18-9-16-6-5-7-17-9/h5-7H,3-4H2,1-2H3,(H,19,21)(H,16,17,18)/t11-/m1/s1. The molecule has 11 heteroatoms. The normalized spacial score (nSPS) is 13.6. The van der Waals surface area contributed by atoms with Crippen LogP contribution in [0.4, 0.5) is 23.9 Å². The Hall–Kier alpha value is -2.59. The number of nitrogens with zero attached hydrogens (tertiary/aromatic N) is 2. The average molecular weight is 336 g/mol. The molecule has 1 rings (SSSR count). The van der Waals surface area contributed by atoms with Crippen molar-refractivity contribution in [3.8, 4) is 0 Å². The first-order chi connectivity index (χ1) is 10.8. The van der Waals surface area contributed by atoms with Gasteiger partial charge in [0.2, 0.25) is 5.95 Å². The second-order valence-electron chi connectivity index (χ2n) is 4.01. The third-order valence-corrected chi connectivity index (χ3v) is 2.44. The van der Waals surface area contributed by atoms with E-state index in [0.29, 0.717) is 0 Å². The van der Waals surface area contributed by atoms with Crippen LogP contribution in [0, 0.1) is 0 Å². The molecule has 1 amide bonds. The van der Waals surface area contributed by atoms with Crippen molar-refractivity contribution in [3.05, 3.63) is 18.5 Å². The Kier molecular flexibility index (Phi) is 6.10. The minimum atomic E-state index is -5.26. The van der Waals surface area contributed by atoms with Gasteiger partial charge in [-0.05, 0) is 19.9 Å². The Morgan fingerprint density at radius 1 is 1.13 bits per heavy atom. The molecule has 1 aromatic rings. The van der Waals surface area contributed by atoms with Crippen LogP contribution in [-0.4, -0.2) is 47.1 Å². The first-order valence-electron chi connectivity index (χ1n) is 6.51. The molecule has 128 valence electrons. The van der Waals surface area contributed by atoms with Crippen LogP contribution in [0.15, 0.2) is 18.5 Å². The summed E-state index contributed by atoms with van der Waals surface area (Å²) in [7, 11) is 0. The lowest BCUT2D eigenvalue weighted by molar-refractivity contribution is -0.205. The summed E-state index contributed by atoms with van der Waals surface area (Å²) in [5.74, 6) is -2.30. The molecule has 0 spiro atoms. The highest BCUT2D eigenvalue weighted by atomic mass is 19.4. The van der Waals surface area contributed by atoms with Crippen LogP contribution >= 0.6 is 0 Å². The van der Waals surface area contributed by atoms with E-state index in [0.717, 1.165) is 12.4 Å². The summed E-state index contributed by atoms with van der Waals surface area (Å²) in [6.45, 7) is 2.19. The molecule has 0 aliphatic heterocycles. The van der Waals surface area contributed by atoms with Gasteiger partial charge >= 0.3 is 23.9 Å². The lowest BCUT2D eigenvalue weighted by Crippen LogP contribution is -2.69. The zero-order valence-corrected chi connectivity index (χ0v) is 12.3. The zero-order chi connectivity index (χ0) is 17.5. The maximum atomic E-state index is 13.5. The number of hydrogen-bond donors (Lipinski definition) is 2. The smallest absolute Gasteiger partial charge is 0.442 e. The van der Waals surface area contributed by atoms with Crippen LogP contribution in [-0.2, 0) is 14.3 Å². The van der Waals surface area contributed by atoms with E-state index in [2.05, 4.69) is 19.4 Å². The largest absolute Gasteiger partial charge is 0.463 e. The van der Waals surface area contributed by atoms with Crippen LogP contribution in [0.25, 0.3) is 0 Å². The van der Waals surface area contributed by atoms with Gasteiger partial charge in [-0.1, -0.05) is 0 Å². The number of alkyl carbamates (subject to hydrolysis) is 1. The molecular formula is C12H15F3N4O4. The first kappa shape index (κ1) is 18.5. The number of ether oxygens (including phenoxy) is 2. The van der Waals surface area contributed by atoms with E-state index in [1.165, 1.54) is 25.2 Å². The van der Waals surface area contributed by atoms with E-state index in [9.17, 15) is 22.8 Å². The number of carbonyl (C=O) groups excluding carboxylic acids is 2. The molecule has 1 atom stereocenters. The molecular weight excluding hydrogens is 321 g/mol. The summed E-state index contributed by atoms with van der Waals surface area (Å²) >= 11 is 0. The Morgan fingerprint density at radius 2 is 1.70 bits per heavy atom. The fraction of sp³-hybridized carbons (Fsp3) is 0.500. The third-order valence-electron chi connectivity index (χ3n) is 2.44. The molecule has 0 unspecified atom stereocenters. The van der Waals surface area contributed by atoms with E-state index < -0.39 is 29.9 Å². The molecule has 0 aliphatic carbocycles. The summed E-state index contributed by atoms with van der Waals surface area (Å²) in [5.41, 5.74) is -3.59. The van der Waals surface area contributed by atoms with Gasteiger partial charge in [0.15, 0.2) is 0 Å². The molecule has 1 heterocycles. The Bertz CT molecular complexity index is 541. The maximum absolute atomic E-state index is 13.5. The molecule has 0 aromatic carbocycles. The van der Waals surface area contributed by atoms with E-state index in [4.69, 9.17) is 0 Å². The van der Waals surface area contributed by atoms with Gasteiger partial charge in [0.1, 0.15) is 0 Å². The van der Waals surface area contributed by atoms with Gasteiger partial charge in [0.05, 0.1) is 13.2 Å². The van der Waals surface area contributed by atoms with Crippen molar-refractivity contribution in [2.24, 2.45) is 0 Å². The van der Waals surface area contributed by atoms with E-state index in [1.807, 2.05) is 0 Å². The molecule has 0 radical (unpaired) electrons. The molecule has 23 heavy (non-hydrogen) atoms. The van der Waals surface area contributed by atoms with Crippen LogP contribution in [0.1, 0.15) is 13.8 Å². The van der Waals surface area contributed by atoms with Crippen molar-refractivity contribution in [1.29, 1.82) is 0 Å². The molecule has 1 aromatic heterocycles. The highest BCUT2D eigenvalue weighted by Gasteiger charge is 2.64. The van der Waals surface area contributed by atoms with Crippen molar-refractivity contribution in [2.45, 2.75) is 25.7 Å². The second-order valence-corrected chi connectivity index (χ2v) is 4.01. The van der Waals surface area contributed by atoms with Gasteiger partial charge in [-0.15, -0.1) is 0 Å². The van der Waals surface area contributed by atoms with Crippen molar-refractivity contribution in [3.63, 3.8) is 0 Å². The highest BCUT2D eigenvalue weighted by Crippen LogP contribution is 2.32. The van der Waals surface area contributed by atoms with Crippen LogP contribution < -0.4 is 10.6 Å². The van der Waals surface area contributed by atoms with Crippen LogP contribution in [0.3, 0.4) is 0 Å². The zero-order valence-electron chi connectivity index (χ0n) is 12.3. The van der Waals surface area contributed by atoms with E-state index in [-0.39, 0.29) is 13.2 Å². The predicted molar refractivity (Wildman–Crippen MR) is 71.2 cm³/mol. The number of halogens is 3. The minimum absolute atomic E-state index is 0.190. The topological polar surface area (TPSA) is 102 Å². The number of amides is 1. The van der Waals surface area contributed by atoms with Gasteiger partial charge in [-0.3, -0.25) is 5.32 Å². The number of esters is 1. The van der Waals surface area contributed by atoms with Crippen molar-refractivity contribution in [2.75, 3.05) is 18.5 Å². The van der Waals surface area contributed by atoms with Gasteiger partial charge < -0.3 is 14.8 Å². The van der Waals surface area contributed by atoms with Crippen molar-refractivity contribution >= 4 is 18.0 Å². The monoisotopic (exact) mass is 336 g/mol. The number of aromatic nitrogens is 2. The van der Waals surface area contributed by atoms with Crippen molar-refractivity contribution < 1.29 is 32.2 Å². The number of nitrogens with one attached hydrogen (secondary N) is 2. The average Bonchev–Trinajstić information content (AvgIpc) is 2.46. The molecule has 0 saturated heterocycles. The lowest BCUT2D eigenvalue weighted by atomic mass is 10.1. The SMILES string of the molecule is CCOC(=O)N[C@](Nc1ncccn1)(C(=O)OCC)C(F)(F)F. The summed E-state index contributed by atoms with van der Waals surface area (Å²) in [4.78, 5) is 30.5. The summed E-state index contributed by atoms with van der Waals surface area (Å²) in [5, 5.41) is 3.23. The fourth-order valence-corrected chi connectivity index (χ4v) is 1.48. The summed E-state index contributed by atoms with van der Waals surface area (Å²) < 4.78 is 49.5. The van der Waals surface area contributed by atoms with Gasteiger partial charge in [-0.25, -0.2) is 19.6 Å². The summed E-state index contributed by atoms with van der Waals surface area (Å²) in [6, 6.07) is 1.36. The Morgan fingerprint density at radius 3 is 2.17 bits per heavy atom. The number of carbonyl (C=O) groups is 2. The molecule has 0 bridgehead atoms. The first-order valence-corrected chi connectivity index (χ1v) is 6.51. The van der Waals surface area contributed by atoms with Crippen LogP contribution in [0.2, 0.25) is 0 Å². The fourth-order valence-electron chi connectivity index (χ4n) is 1.48. The minimum Gasteiger partial charge on any atom is -0.463 e. The highest BCUT2D eigenvalue weighted by molar-refractivity contribution is 5.89.